The number of carbonyl (C=O) groups excluding carboxylic acids is 1. The Bertz CT molecular complexity index is 1020. The van der Waals surface area contributed by atoms with Gasteiger partial charge in [0.15, 0.2) is 0 Å². The van der Waals surface area contributed by atoms with E-state index in [1.54, 1.807) is 18.8 Å². The highest BCUT2D eigenvalue weighted by Crippen LogP contribution is 2.32. The standard InChI is InChI=1S/C20H22N2O4S/c1-13(23)7-9-22-17(8-10-25-2)21-19-18(20(22)24)16(12-27-19)14-5-4-6-15(11-14)26-3/h4-6,11-12H,7-10H2,1-3H3. The number of benzene rings is 1. The van der Waals surface area contributed by atoms with Crippen LogP contribution in [0, 0.1) is 0 Å². The maximum absolute atomic E-state index is 13.3. The van der Waals surface area contributed by atoms with Gasteiger partial charge in [0.2, 0.25) is 0 Å². The van der Waals surface area contributed by atoms with Gasteiger partial charge in [-0.15, -0.1) is 11.3 Å². The van der Waals surface area contributed by atoms with Crippen molar-refractivity contribution < 1.29 is 14.3 Å². The van der Waals surface area contributed by atoms with Crippen LogP contribution in [0.4, 0.5) is 0 Å². The van der Waals surface area contributed by atoms with Crippen molar-refractivity contribution in [3.8, 4) is 16.9 Å². The van der Waals surface area contributed by atoms with E-state index < -0.39 is 0 Å². The number of methoxy groups -OCH3 is 2. The third-order valence-electron chi connectivity index (χ3n) is 4.37. The highest BCUT2D eigenvalue weighted by molar-refractivity contribution is 7.17. The SMILES string of the molecule is COCCc1nc2scc(-c3cccc(OC)c3)c2c(=O)n1CCC(C)=O. The molecule has 0 fully saturated rings. The monoisotopic (exact) mass is 386 g/mol. The molecule has 0 radical (unpaired) electrons. The van der Waals surface area contributed by atoms with Gasteiger partial charge in [0.05, 0.1) is 19.1 Å². The van der Waals surface area contributed by atoms with Crippen molar-refractivity contribution in [3.63, 3.8) is 0 Å². The van der Waals surface area contributed by atoms with Crippen LogP contribution in [0.15, 0.2) is 34.4 Å². The second-order valence-corrected chi connectivity index (χ2v) is 7.10. The van der Waals surface area contributed by atoms with Gasteiger partial charge >= 0.3 is 0 Å². The van der Waals surface area contributed by atoms with Gasteiger partial charge in [-0.1, -0.05) is 12.1 Å². The van der Waals surface area contributed by atoms with Crippen LogP contribution in [0.3, 0.4) is 0 Å². The van der Waals surface area contributed by atoms with Crippen LogP contribution < -0.4 is 10.3 Å². The number of nitrogens with zero attached hydrogens (tertiary/aromatic N) is 2. The maximum atomic E-state index is 13.3. The molecule has 0 amide bonds. The molecule has 0 aliphatic heterocycles. The van der Waals surface area contributed by atoms with Crippen molar-refractivity contribution in [2.45, 2.75) is 26.3 Å². The van der Waals surface area contributed by atoms with E-state index in [-0.39, 0.29) is 11.3 Å². The Balaban J connectivity index is 2.17. The summed E-state index contributed by atoms with van der Waals surface area (Å²) in [7, 11) is 3.23. The highest BCUT2D eigenvalue weighted by atomic mass is 32.1. The molecule has 27 heavy (non-hydrogen) atoms. The lowest BCUT2D eigenvalue weighted by Gasteiger charge is -2.12. The molecule has 2 heterocycles. The van der Waals surface area contributed by atoms with E-state index in [2.05, 4.69) is 0 Å². The molecule has 0 bridgehead atoms. The summed E-state index contributed by atoms with van der Waals surface area (Å²) < 4.78 is 12.1. The lowest BCUT2D eigenvalue weighted by Crippen LogP contribution is -2.26. The number of ether oxygens (including phenoxy) is 2. The van der Waals surface area contributed by atoms with Crippen molar-refractivity contribution >= 4 is 27.3 Å². The van der Waals surface area contributed by atoms with Crippen LogP contribution in [0.25, 0.3) is 21.3 Å². The summed E-state index contributed by atoms with van der Waals surface area (Å²) in [6.45, 7) is 2.31. The van der Waals surface area contributed by atoms with Gasteiger partial charge in [0.25, 0.3) is 5.56 Å². The van der Waals surface area contributed by atoms with E-state index >= 15 is 0 Å². The highest BCUT2D eigenvalue weighted by Gasteiger charge is 2.17. The van der Waals surface area contributed by atoms with E-state index in [4.69, 9.17) is 14.5 Å². The zero-order valence-electron chi connectivity index (χ0n) is 15.7. The summed E-state index contributed by atoms with van der Waals surface area (Å²) in [6.07, 6.45) is 0.817. The van der Waals surface area contributed by atoms with E-state index in [1.165, 1.54) is 18.3 Å². The number of ketones is 1. The Morgan fingerprint density at radius 2 is 2.11 bits per heavy atom. The maximum Gasteiger partial charge on any atom is 0.262 e. The Morgan fingerprint density at radius 3 is 2.81 bits per heavy atom. The Hall–Kier alpha value is -2.51. The Morgan fingerprint density at radius 1 is 1.30 bits per heavy atom. The first-order valence-corrected chi connectivity index (χ1v) is 9.56. The van der Waals surface area contributed by atoms with Crippen LogP contribution in [0.5, 0.6) is 5.75 Å². The molecule has 0 spiro atoms. The van der Waals surface area contributed by atoms with E-state index in [0.29, 0.717) is 42.0 Å². The van der Waals surface area contributed by atoms with Crippen LogP contribution in [0.1, 0.15) is 19.2 Å². The molecule has 142 valence electrons. The minimum absolute atomic E-state index is 0.0398. The first-order valence-electron chi connectivity index (χ1n) is 8.69. The summed E-state index contributed by atoms with van der Waals surface area (Å²) in [5, 5.41) is 2.53. The third kappa shape index (κ3) is 4.09. The average molecular weight is 386 g/mol. The lowest BCUT2D eigenvalue weighted by molar-refractivity contribution is -0.117. The van der Waals surface area contributed by atoms with Crippen molar-refractivity contribution in [2.75, 3.05) is 20.8 Å². The summed E-state index contributed by atoms with van der Waals surface area (Å²) in [6, 6.07) is 7.61. The first-order chi connectivity index (χ1) is 13.0. The molecule has 7 heteroatoms. The third-order valence-corrected chi connectivity index (χ3v) is 5.24. The van der Waals surface area contributed by atoms with Crippen LogP contribution in [-0.4, -0.2) is 36.2 Å². The van der Waals surface area contributed by atoms with Crippen LogP contribution in [0.2, 0.25) is 0 Å². The van der Waals surface area contributed by atoms with Crippen molar-refractivity contribution in [1.82, 2.24) is 9.55 Å². The minimum atomic E-state index is -0.119. The number of hydrogen-bond acceptors (Lipinski definition) is 6. The van der Waals surface area contributed by atoms with Gasteiger partial charge < -0.3 is 9.47 Å². The number of thiophene rings is 1. The van der Waals surface area contributed by atoms with E-state index in [0.717, 1.165) is 16.9 Å². The van der Waals surface area contributed by atoms with Gasteiger partial charge in [-0.3, -0.25) is 14.2 Å². The molecule has 0 saturated heterocycles. The Kier molecular flexibility index (Phi) is 6.03. The van der Waals surface area contributed by atoms with Gasteiger partial charge in [-0.2, -0.15) is 0 Å². The molecule has 0 atom stereocenters. The molecule has 0 unspecified atom stereocenters. The predicted octanol–water partition coefficient (Wildman–Crippen LogP) is 3.30. The second kappa shape index (κ2) is 8.45. The average Bonchev–Trinajstić information content (AvgIpc) is 3.09. The molecular formula is C20H22N2O4S. The number of aromatic nitrogens is 2. The predicted molar refractivity (Wildman–Crippen MR) is 107 cm³/mol. The van der Waals surface area contributed by atoms with Crippen LogP contribution >= 0.6 is 11.3 Å². The summed E-state index contributed by atoms with van der Waals surface area (Å²) in [5.41, 5.74) is 1.62. The first kappa shape index (κ1) is 19.3. The molecule has 3 rings (SSSR count). The fraction of sp³-hybridized carbons (Fsp3) is 0.350. The Labute approximate surface area is 161 Å². The van der Waals surface area contributed by atoms with Crippen molar-refractivity contribution in [2.24, 2.45) is 0 Å². The van der Waals surface area contributed by atoms with Crippen LogP contribution in [-0.2, 0) is 22.5 Å². The van der Waals surface area contributed by atoms with Gasteiger partial charge in [0.1, 0.15) is 22.2 Å². The molecule has 6 nitrogen and oxygen atoms in total. The molecule has 3 aromatic rings. The zero-order chi connectivity index (χ0) is 19.4. The smallest absolute Gasteiger partial charge is 0.262 e. The summed E-state index contributed by atoms with van der Waals surface area (Å²) >= 11 is 1.44. The second-order valence-electron chi connectivity index (χ2n) is 6.24. The molecule has 0 aliphatic rings. The fourth-order valence-electron chi connectivity index (χ4n) is 2.95. The lowest BCUT2D eigenvalue weighted by atomic mass is 10.1. The van der Waals surface area contributed by atoms with Gasteiger partial charge in [0, 0.05) is 37.4 Å². The molecule has 0 saturated carbocycles. The number of fused-ring (bicyclic) bond motifs is 1. The zero-order valence-corrected chi connectivity index (χ0v) is 16.5. The van der Waals surface area contributed by atoms with E-state index in [9.17, 15) is 9.59 Å². The normalized spacial score (nSPS) is 11.1. The topological polar surface area (TPSA) is 70.4 Å². The van der Waals surface area contributed by atoms with Gasteiger partial charge in [-0.05, 0) is 24.6 Å². The molecule has 0 aliphatic carbocycles. The largest absolute Gasteiger partial charge is 0.497 e. The van der Waals surface area contributed by atoms with Gasteiger partial charge in [-0.25, -0.2) is 4.98 Å². The number of carbonyl (C=O) groups is 1. The summed E-state index contributed by atoms with van der Waals surface area (Å²) in [5.74, 6) is 1.42. The number of rotatable bonds is 8. The van der Waals surface area contributed by atoms with E-state index in [1.807, 2.05) is 29.6 Å². The molecule has 2 aromatic heterocycles. The fourth-order valence-corrected chi connectivity index (χ4v) is 3.91. The summed E-state index contributed by atoms with van der Waals surface area (Å²) in [4.78, 5) is 30.1. The van der Waals surface area contributed by atoms with Crippen molar-refractivity contribution in [3.05, 3.63) is 45.8 Å². The molecule has 1 aromatic carbocycles. The number of Topliss-reactive ketones (excluding diaryl/α,β-unsaturated/α-hetero) is 1. The minimum Gasteiger partial charge on any atom is -0.497 e. The number of hydrogen-bond donors (Lipinski definition) is 0. The van der Waals surface area contributed by atoms with Crippen molar-refractivity contribution in [1.29, 1.82) is 0 Å². The molecular weight excluding hydrogens is 364 g/mol. The quantitative estimate of drug-likeness (QED) is 0.594. The molecule has 0 N–H and O–H groups in total.